The Morgan fingerprint density at radius 2 is 2.15 bits per heavy atom. The number of carbonyl (C=O) groups is 1. The molecular weight excluding hydrogens is 166 g/mol. The Morgan fingerprint density at radius 3 is 2.54 bits per heavy atom. The van der Waals surface area contributed by atoms with Crippen molar-refractivity contribution in [3.05, 3.63) is 0 Å². The molecule has 13 heavy (non-hydrogen) atoms. The molecule has 0 spiro atoms. The van der Waals surface area contributed by atoms with Gasteiger partial charge in [-0.2, -0.15) is 0 Å². The largest absolute Gasteiger partial charge is 0.466 e. The number of hydrogen-bond donors (Lipinski definition) is 1. The lowest BCUT2D eigenvalue weighted by atomic mass is 10.1. The van der Waals surface area contributed by atoms with Crippen LogP contribution in [0.25, 0.3) is 0 Å². The molecule has 0 aromatic rings. The van der Waals surface area contributed by atoms with Gasteiger partial charge in [-0.05, 0) is 20.3 Å². The van der Waals surface area contributed by atoms with Crippen molar-refractivity contribution in [1.29, 1.82) is 0 Å². The van der Waals surface area contributed by atoms with Crippen LogP contribution in [0.15, 0.2) is 0 Å². The molecule has 2 atom stereocenters. The lowest BCUT2D eigenvalue weighted by Crippen LogP contribution is -2.20. The van der Waals surface area contributed by atoms with Crippen molar-refractivity contribution >= 4 is 5.97 Å². The first-order valence-corrected chi connectivity index (χ1v) is 5.14. The molecule has 0 aromatic carbocycles. The normalized spacial score (nSPS) is 26.2. The molecule has 78 valence electrons. The summed E-state index contributed by atoms with van der Waals surface area (Å²) in [7, 11) is 0. The minimum atomic E-state index is -0.0515. The molecule has 0 aromatic heterocycles. The molecule has 0 saturated carbocycles. The molecule has 1 aliphatic rings. The Hall–Kier alpha value is -0.570. The van der Waals surface area contributed by atoms with Gasteiger partial charge in [-0.25, -0.2) is 0 Å². The fraction of sp³-hybridized carbons (Fsp3) is 0.900. The van der Waals surface area contributed by atoms with Crippen LogP contribution in [-0.4, -0.2) is 25.2 Å². The van der Waals surface area contributed by atoms with E-state index in [2.05, 4.69) is 12.2 Å². The van der Waals surface area contributed by atoms with E-state index < -0.39 is 0 Å². The molecule has 0 radical (unpaired) electrons. The Kier molecular flexibility index (Phi) is 6.59. The van der Waals surface area contributed by atoms with Crippen LogP contribution in [0, 0.1) is 5.92 Å². The first-order valence-electron chi connectivity index (χ1n) is 5.14. The summed E-state index contributed by atoms with van der Waals surface area (Å²) < 4.78 is 4.90. The van der Waals surface area contributed by atoms with Gasteiger partial charge in [0.1, 0.15) is 0 Å². The number of nitrogens with one attached hydrogen (secondary N) is 1. The van der Waals surface area contributed by atoms with Gasteiger partial charge in [-0.3, -0.25) is 4.79 Å². The summed E-state index contributed by atoms with van der Waals surface area (Å²) in [5.41, 5.74) is 0. The highest BCUT2D eigenvalue weighted by atomic mass is 16.5. The molecule has 2 unspecified atom stereocenters. The summed E-state index contributed by atoms with van der Waals surface area (Å²) in [5.74, 6) is 0.0364. The van der Waals surface area contributed by atoms with E-state index in [1.54, 1.807) is 0 Å². The van der Waals surface area contributed by atoms with Crippen LogP contribution in [0.5, 0.6) is 0 Å². The standard InChI is InChI=1S/C8H15NO2.C2H6/c1-3-11-8(10)7-4-6(2)9-5-7;1-2/h6-7,9H,3-5H2,1-2H3;1-2H3. The number of hydrogen-bond acceptors (Lipinski definition) is 3. The van der Waals surface area contributed by atoms with Gasteiger partial charge >= 0.3 is 5.97 Å². The maximum Gasteiger partial charge on any atom is 0.310 e. The second-order valence-electron chi connectivity index (χ2n) is 2.99. The van der Waals surface area contributed by atoms with E-state index >= 15 is 0 Å². The van der Waals surface area contributed by atoms with Gasteiger partial charge < -0.3 is 10.1 Å². The SMILES string of the molecule is CC.CCOC(=O)C1CNC(C)C1. The van der Waals surface area contributed by atoms with E-state index in [0.29, 0.717) is 12.6 Å². The Balaban J connectivity index is 0.000000671. The molecule has 1 rings (SSSR count). The summed E-state index contributed by atoms with van der Waals surface area (Å²) in [4.78, 5) is 11.1. The summed E-state index contributed by atoms with van der Waals surface area (Å²) >= 11 is 0. The zero-order chi connectivity index (χ0) is 10.3. The fourth-order valence-corrected chi connectivity index (χ4v) is 1.38. The van der Waals surface area contributed by atoms with Crippen molar-refractivity contribution < 1.29 is 9.53 Å². The van der Waals surface area contributed by atoms with Crippen LogP contribution >= 0.6 is 0 Å². The molecule has 0 amide bonds. The molecule has 3 heteroatoms. The molecule has 0 bridgehead atoms. The van der Waals surface area contributed by atoms with E-state index in [0.717, 1.165) is 13.0 Å². The van der Waals surface area contributed by atoms with Crippen LogP contribution in [0.3, 0.4) is 0 Å². The van der Waals surface area contributed by atoms with Gasteiger partial charge in [0.25, 0.3) is 0 Å². The number of esters is 1. The van der Waals surface area contributed by atoms with Gasteiger partial charge in [-0.1, -0.05) is 13.8 Å². The lowest BCUT2D eigenvalue weighted by molar-refractivity contribution is -0.147. The second kappa shape index (κ2) is 6.89. The molecule has 0 aliphatic carbocycles. The van der Waals surface area contributed by atoms with E-state index in [-0.39, 0.29) is 11.9 Å². The van der Waals surface area contributed by atoms with E-state index in [9.17, 15) is 4.79 Å². The summed E-state index contributed by atoms with van der Waals surface area (Å²) in [5, 5.41) is 3.21. The first-order chi connectivity index (χ1) is 6.24. The third kappa shape index (κ3) is 4.27. The highest BCUT2D eigenvalue weighted by molar-refractivity contribution is 5.73. The van der Waals surface area contributed by atoms with Gasteiger partial charge in [0.05, 0.1) is 12.5 Å². The van der Waals surface area contributed by atoms with Crippen LogP contribution < -0.4 is 5.32 Å². The van der Waals surface area contributed by atoms with Crippen LogP contribution in [0.2, 0.25) is 0 Å². The topological polar surface area (TPSA) is 38.3 Å². The zero-order valence-electron chi connectivity index (χ0n) is 9.09. The van der Waals surface area contributed by atoms with Crippen molar-refractivity contribution in [3.8, 4) is 0 Å². The highest BCUT2D eigenvalue weighted by Crippen LogP contribution is 2.14. The van der Waals surface area contributed by atoms with E-state index in [1.807, 2.05) is 20.8 Å². The smallest absolute Gasteiger partial charge is 0.310 e. The van der Waals surface area contributed by atoms with Gasteiger partial charge in [0, 0.05) is 12.6 Å². The molecule has 3 nitrogen and oxygen atoms in total. The van der Waals surface area contributed by atoms with Gasteiger partial charge in [0.2, 0.25) is 0 Å². The van der Waals surface area contributed by atoms with Crippen molar-refractivity contribution in [2.45, 2.75) is 40.2 Å². The molecular formula is C10H21NO2. The molecule has 1 N–H and O–H groups in total. The fourth-order valence-electron chi connectivity index (χ4n) is 1.38. The maximum absolute atomic E-state index is 11.1. The van der Waals surface area contributed by atoms with Crippen molar-refractivity contribution in [2.24, 2.45) is 5.92 Å². The predicted octanol–water partition coefficient (Wildman–Crippen LogP) is 1.57. The zero-order valence-corrected chi connectivity index (χ0v) is 9.09. The number of ether oxygens (including phenoxy) is 1. The first kappa shape index (κ1) is 12.4. The molecule has 1 heterocycles. The summed E-state index contributed by atoms with van der Waals surface area (Å²) in [6.07, 6.45) is 0.916. The Labute approximate surface area is 80.8 Å². The van der Waals surface area contributed by atoms with E-state index in [4.69, 9.17) is 4.74 Å². The number of rotatable bonds is 2. The average Bonchev–Trinajstić information content (AvgIpc) is 2.56. The van der Waals surface area contributed by atoms with Crippen molar-refractivity contribution in [1.82, 2.24) is 5.32 Å². The predicted molar refractivity (Wildman–Crippen MR) is 53.6 cm³/mol. The number of carbonyl (C=O) groups excluding carboxylic acids is 1. The van der Waals surface area contributed by atoms with Gasteiger partial charge in [-0.15, -0.1) is 0 Å². The van der Waals surface area contributed by atoms with E-state index in [1.165, 1.54) is 0 Å². The average molecular weight is 187 g/mol. The highest BCUT2D eigenvalue weighted by Gasteiger charge is 2.27. The van der Waals surface area contributed by atoms with Crippen LogP contribution in [0.4, 0.5) is 0 Å². The minimum absolute atomic E-state index is 0.0515. The summed E-state index contributed by atoms with van der Waals surface area (Å²) in [6, 6.07) is 0.462. The molecule has 1 saturated heterocycles. The molecule has 1 fully saturated rings. The van der Waals surface area contributed by atoms with Crippen LogP contribution in [-0.2, 0) is 9.53 Å². The maximum atomic E-state index is 11.1. The monoisotopic (exact) mass is 187 g/mol. The van der Waals surface area contributed by atoms with Gasteiger partial charge in [0.15, 0.2) is 0 Å². The van der Waals surface area contributed by atoms with Crippen molar-refractivity contribution in [2.75, 3.05) is 13.2 Å². The van der Waals surface area contributed by atoms with Crippen molar-refractivity contribution in [3.63, 3.8) is 0 Å². The lowest BCUT2D eigenvalue weighted by Gasteiger charge is -2.06. The summed E-state index contributed by atoms with van der Waals surface area (Å²) in [6.45, 7) is 9.19. The minimum Gasteiger partial charge on any atom is -0.466 e. The second-order valence-corrected chi connectivity index (χ2v) is 2.99. The van der Waals surface area contributed by atoms with Crippen LogP contribution in [0.1, 0.15) is 34.1 Å². The Morgan fingerprint density at radius 1 is 1.54 bits per heavy atom. The quantitative estimate of drug-likeness (QED) is 0.667. The third-order valence-corrected chi connectivity index (χ3v) is 1.97. The third-order valence-electron chi connectivity index (χ3n) is 1.97. The molecule has 1 aliphatic heterocycles. The Bertz CT molecular complexity index is 148.